The second-order valence-electron chi connectivity index (χ2n) is 4.52. The van der Waals surface area contributed by atoms with Crippen LogP contribution < -0.4 is 4.73 Å². The smallest absolute Gasteiger partial charge is 0.251 e. The van der Waals surface area contributed by atoms with Gasteiger partial charge >= 0.3 is 0 Å². The van der Waals surface area contributed by atoms with E-state index in [1.165, 1.54) is 18.0 Å². The van der Waals surface area contributed by atoms with Gasteiger partial charge in [0.1, 0.15) is 0 Å². The number of benzene rings is 1. The van der Waals surface area contributed by atoms with Crippen molar-refractivity contribution in [1.29, 1.82) is 0 Å². The summed E-state index contributed by atoms with van der Waals surface area (Å²) >= 11 is 1.37. The highest BCUT2D eigenvalue weighted by atomic mass is 32.2. The topological polar surface area (TPSA) is 65.9 Å². The Morgan fingerprint density at radius 3 is 2.90 bits per heavy atom. The summed E-state index contributed by atoms with van der Waals surface area (Å²) in [5.74, 6) is 1.46. The van der Waals surface area contributed by atoms with Gasteiger partial charge in [-0.3, -0.25) is 0 Å². The molecule has 0 saturated carbocycles. The van der Waals surface area contributed by atoms with Gasteiger partial charge in [-0.25, -0.2) is 0 Å². The lowest BCUT2D eigenvalue weighted by atomic mass is 10.1. The number of thioether (sulfide) groups is 1. The minimum Gasteiger partial charge on any atom is -0.618 e. The van der Waals surface area contributed by atoms with E-state index in [-0.39, 0.29) is 0 Å². The number of hydrogen-bond acceptors (Lipinski definition) is 5. The Kier molecular flexibility index (Phi) is 3.87. The Bertz CT molecular complexity index is 758. The van der Waals surface area contributed by atoms with Crippen molar-refractivity contribution in [2.45, 2.75) is 17.7 Å². The van der Waals surface area contributed by atoms with Crippen LogP contribution in [0.5, 0.6) is 0 Å². The molecule has 0 saturated heterocycles. The summed E-state index contributed by atoms with van der Waals surface area (Å²) in [6.45, 7) is 2.01. The van der Waals surface area contributed by atoms with Crippen LogP contribution >= 0.6 is 11.8 Å². The van der Waals surface area contributed by atoms with E-state index in [1.54, 1.807) is 12.1 Å². The molecule has 5 nitrogen and oxygen atoms in total. The van der Waals surface area contributed by atoms with E-state index in [0.29, 0.717) is 22.6 Å². The van der Waals surface area contributed by atoms with Gasteiger partial charge in [-0.15, -0.1) is 10.2 Å². The minimum absolute atomic E-state index is 0.463. The highest BCUT2D eigenvalue weighted by Crippen LogP contribution is 2.23. The predicted molar refractivity (Wildman–Crippen MR) is 79.4 cm³/mol. The number of nitrogens with zero attached hydrogens (tertiary/aromatic N) is 3. The van der Waals surface area contributed by atoms with Crippen molar-refractivity contribution in [1.82, 2.24) is 10.2 Å². The fourth-order valence-electron chi connectivity index (χ4n) is 1.87. The molecule has 0 atom stereocenters. The molecule has 0 aliphatic rings. The lowest BCUT2D eigenvalue weighted by Gasteiger charge is -2.00. The zero-order chi connectivity index (χ0) is 14.7. The first-order chi connectivity index (χ1) is 10.2. The van der Waals surface area contributed by atoms with Gasteiger partial charge in [-0.1, -0.05) is 17.7 Å². The Balaban J connectivity index is 1.72. The number of rotatable bonds is 4. The molecule has 0 radical (unpaired) electrons. The minimum atomic E-state index is 0.463. The van der Waals surface area contributed by atoms with E-state index in [4.69, 9.17) is 4.42 Å². The monoisotopic (exact) mass is 299 g/mol. The van der Waals surface area contributed by atoms with Crippen molar-refractivity contribution >= 4 is 11.8 Å². The molecule has 0 fully saturated rings. The second kappa shape index (κ2) is 5.97. The molecule has 2 heterocycles. The van der Waals surface area contributed by atoms with Gasteiger partial charge in [0.25, 0.3) is 5.03 Å². The van der Waals surface area contributed by atoms with Crippen LogP contribution in [0.4, 0.5) is 0 Å². The van der Waals surface area contributed by atoms with E-state index >= 15 is 0 Å². The molecule has 21 heavy (non-hydrogen) atoms. The van der Waals surface area contributed by atoms with Gasteiger partial charge in [0, 0.05) is 17.7 Å². The Morgan fingerprint density at radius 2 is 2.10 bits per heavy atom. The SMILES string of the molecule is Cc1cccc(-c2nnc(CSc3cccc[n+]3[O-])o2)c1. The second-order valence-corrected chi connectivity index (χ2v) is 5.52. The highest BCUT2D eigenvalue weighted by Gasteiger charge is 2.11. The van der Waals surface area contributed by atoms with Crippen LogP contribution in [0, 0.1) is 12.1 Å². The quantitative estimate of drug-likeness (QED) is 0.421. The summed E-state index contributed by atoms with van der Waals surface area (Å²) in [4.78, 5) is 0. The lowest BCUT2D eigenvalue weighted by Crippen LogP contribution is -2.27. The Labute approximate surface area is 126 Å². The molecule has 0 bridgehead atoms. The third kappa shape index (κ3) is 3.22. The van der Waals surface area contributed by atoms with Crippen LogP contribution in [0.3, 0.4) is 0 Å². The molecule has 2 aromatic heterocycles. The molecule has 0 amide bonds. The van der Waals surface area contributed by atoms with Crippen molar-refractivity contribution in [3.05, 3.63) is 65.3 Å². The predicted octanol–water partition coefficient (Wildman–Crippen LogP) is 2.97. The van der Waals surface area contributed by atoms with Gasteiger partial charge in [-0.2, -0.15) is 4.73 Å². The van der Waals surface area contributed by atoms with Crippen LogP contribution in [0.2, 0.25) is 0 Å². The number of hydrogen-bond donors (Lipinski definition) is 0. The average molecular weight is 299 g/mol. The zero-order valence-corrected chi connectivity index (χ0v) is 12.2. The van der Waals surface area contributed by atoms with E-state index in [0.717, 1.165) is 15.9 Å². The maximum atomic E-state index is 11.5. The summed E-state index contributed by atoms with van der Waals surface area (Å²) in [7, 11) is 0. The third-order valence-corrected chi connectivity index (χ3v) is 3.87. The molecular formula is C15H13N3O2S. The number of aryl methyl sites for hydroxylation is 1. The standard InChI is InChI=1S/C15H13N3O2S/c1-11-5-4-6-12(9-11)15-17-16-13(20-15)10-21-14-7-2-3-8-18(14)19/h2-9H,10H2,1H3. The fraction of sp³-hybridized carbons (Fsp3) is 0.133. The first kappa shape index (κ1) is 13.6. The summed E-state index contributed by atoms with van der Waals surface area (Å²) in [6.07, 6.45) is 1.47. The molecule has 3 aromatic rings. The molecule has 0 aliphatic carbocycles. The summed E-state index contributed by atoms with van der Waals surface area (Å²) in [6, 6.07) is 13.2. The molecule has 0 N–H and O–H groups in total. The molecule has 0 aliphatic heterocycles. The molecule has 0 spiro atoms. The van der Waals surface area contributed by atoms with E-state index in [1.807, 2.05) is 37.3 Å². The average Bonchev–Trinajstić information content (AvgIpc) is 2.95. The molecule has 6 heteroatoms. The van der Waals surface area contributed by atoms with Crippen LogP contribution in [0.25, 0.3) is 11.5 Å². The summed E-state index contributed by atoms with van der Waals surface area (Å²) in [5.41, 5.74) is 2.04. The van der Waals surface area contributed by atoms with Gasteiger partial charge in [0.05, 0.1) is 5.75 Å². The molecule has 106 valence electrons. The maximum absolute atomic E-state index is 11.5. The van der Waals surface area contributed by atoms with Crippen LogP contribution in [-0.2, 0) is 5.75 Å². The largest absolute Gasteiger partial charge is 0.618 e. The van der Waals surface area contributed by atoms with E-state index in [9.17, 15) is 5.21 Å². The number of pyridine rings is 1. The van der Waals surface area contributed by atoms with Crippen LogP contribution in [0.1, 0.15) is 11.5 Å². The van der Waals surface area contributed by atoms with Gasteiger partial charge in [-0.05, 0) is 36.9 Å². The van der Waals surface area contributed by atoms with Gasteiger partial charge < -0.3 is 9.62 Å². The van der Waals surface area contributed by atoms with Crippen LogP contribution in [0.15, 0.2) is 58.1 Å². The van der Waals surface area contributed by atoms with E-state index in [2.05, 4.69) is 10.2 Å². The van der Waals surface area contributed by atoms with Crippen molar-refractivity contribution in [3.63, 3.8) is 0 Å². The van der Waals surface area contributed by atoms with Gasteiger partial charge in [0.2, 0.25) is 11.8 Å². The Hall–Kier alpha value is -2.34. The first-order valence-electron chi connectivity index (χ1n) is 6.43. The first-order valence-corrected chi connectivity index (χ1v) is 7.41. The van der Waals surface area contributed by atoms with E-state index < -0.39 is 0 Å². The molecule has 0 unspecified atom stereocenters. The fourth-order valence-corrected chi connectivity index (χ4v) is 2.62. The lowest BCUT2D eigenvalue weighted by molar-refractivity contribution is -0.645. The highest BCUT2D eigenvalue weighted by molar-refractivity contribution is 7.98. The summed E-state index contributed by atoms with van der Waals surface area (Å²) < 4.78 is 6.45. The van der Waals surface area contributed by atoms with Crippen molar-refractivity contribution in [2.24, 2.45) is 0 Å². The normalized spacial score (nSPS) is 10.7. The molecule has 1 aromatic carbocycles. The zero-order valence-electron chi connectivity index (χ0n) is 11.4. The summed E-state index contributed by atoms with van der Waals surface area (Å²) in [5, 5.41) is 20.2. The third-order valence-electron chi connectivity index (χ3n) is 2.86. The molecular weight excluding hydrogens is 286 g/mol. The van der Waals surface area contributed by atoms with Crippen LogP contribution in [-0.4, -0.2) is 10.2 Å². The number of aromatic nitrogens is 3. The maximum Gasteiger partial charge on any atom is 0.251 e. The van der Waals surface area contributed by atoms with Crippen molar-refractivity contribution in [3.8, 4) is 11.5 Å². The van der Waals surface area contributed by atoms with Gasteiger partial charge in [0.15, 0.2) is 6.20 Å². The molecule has 3 rings (SSSR count). The Morgan fingerprint density at radius 1 is 1.19 bits per heavy atom. The van der Waals surface area contributed by atoms with Crippen molar-refractivity contribution < 1.29 is 9.15 Å². The van der Waals surface area contributed by atoms with Crippen molar-refractivity contribution in [2.75, 3.05) is 0 Å².